The quantitative estimate of drug-likeness (QED) is 0.735. The average molecular weight is 437 g/mol. The highest BCUT2D eigenvalue weighted by Gasteiger charge is 2.34. The highest BCUT2D eigenvalue weighted by Crippen LogP contribution is 2.28. The monoisotopic (exact) mass is 436 g/mol. The Morgan fingerprint density at radius 1 is 1.21 bits per heavy atom. The summed E-state index contributed by atoms with van der Waals surface area (Å²) in [5.41, 5.74) is 1.53. The number of benzene rings is 2. The van der Waals surface area contributed by atoms with Crippen molar-refractivity contribution in [2.75, 3.05) is 19.0 Å². The summed E-state index contributed by atoms with van der Waals surface area (Å²) in [6.45, 7) is 2.29. The molecule has 1 saturated heterocycles. The largest absolute Gasteiger partial charge is 0.497 e. The van der Waals surface area contributed by atoms with Crippen LogP contribution in [-0.4, -0.2) is 38.3 Å². The minimum atomic E-state index is -3.69. The van der Waals surface area contributed by atoms with Gasteiger partial charge in [0.15, 0.2) is 0 Å². The maximum absolute atomic E-state index is 13.2. The number of halogens is 1. The molecular formula is C21H25ClN2O4S. The van der Waals surface area contributed by atoms with Gasteiger partial charge in [-0.15, -0.1) is 0 Å². The number of methoxy groups -OCH3 is 1. The summed E-state index contributed by atoms with van der Waals surface area (Å²) in [5, 5.41) is 3.40. The fourth-order valence-electron chi connectivity index (χ4n) is 3.47. The standard InChI is InChI=1S/C21H25ClN2O4S/c1-15-6-7-16(13-20(15)22)23-21(25)14-17-5-3-4-12-24(17)29(26,27)19-10-8-18(28-2)9-11-19/h6-11,13,17H,3-5,12,14H2,1-2H3,(H,23,25)/t17-/m1/s1. The Kier molecular flexibility index (Phi) is 6.82. The fourth-order valence-corrected chi connectivity index (χ4v) is 5.35. The van der Waals surface area contributed by atoms with E-state index in [0.717, 1.165) is 18.4 Å². The molecule has 0 aliphatic carbocycles. The third-order valence-electron chi connectivity index (χ3n) is 5.12. The summed E-state index contributed by atoms with van der Waals surface area (Å²) in [6, 6.07) is 11.3. The molecular weight excluding hydrogens is 412 g/mol. The summed E-state index contributed by atoms with van der Waals surface area (Å²) < 4.78 is 32.9. The molecule has 156 valence electrons. The number of nitrogens with zero attached hydrogens (tertiary/aromatic N) is 1. The molecule has 3 rings (SSSR count). The van der Waals surface area contributed by atoms with Crippen molar-refractivity contribution in [3.8, 4) is 5.75 Å². The van der Waals surface area contributed by atoms with Crippen LogP contribution in [0.15, 0.2) is 47.4 Å². The predicted molar refractivity (Wildman–Crippen MR) is 114 cm³/mol. The molecule has 8 heteroatoms. The number of carbonyl (C=O) groups is 1. The molecule has 0 radical (unpaired) electrons. The first-order chi connectivity index (χ1) is 13.8. The fraction of sp³-hybridized carbons (Fsp3) is 0.381. The molecule has 0 spiro atoms. The van der Waals surface area contributed by atoms with E-state index in [4.69, 9.17) is 16.3 Å². The smallest absolute Gasteiger partial charge is 0.243 e. The van der Waals surface area contributed by atoms with Crippen LogP contribution in [0.3, 0.4) is 0 Å². The van der Waals surface area contributed by atoms with Crippen molar-refractivity contribution in [2.45, 2.75) is 43.5 Å². The van der Waals surface area contributed by atoms with Gasteiger partial charge in [-0.05, 0) is 61.7 Å². The number of aryl methyl sites for hydroxylation is 1. The van der Waals surface area contributed by atoms with Gasteiger partial charge in [-0.3, -0.25) is 4.79 Å². The zero-order valence-electron chi connectivity index (χ0n) is 16.5. The van der Waals surface area contributed by atoms with Crippen LogP contribution in [0.4, 0.5) is 5.69 Å². The highest BCUT2D eigenvalue weighted by molar-refractivity contribution is 7.89. The zero-order chi connectivity index (χ0) is 21.0. The Morgan fingerprint density at radius 3 is 2.59 bits per heavy atom. The van der Waals surface area contributed by atoms with Crippen LogP contribution in [0.2, 0.25) is 5.02 Å². The molecule has 1 aliphatic heterocycles. The van der Waals surface area contributed by atoms with Crippen molar-refractivity contribution in [1.82, 2.24) is 4.31 Å². The first-order valence-corrected chi connectivity index (χ1v) is 11.3. The lowest BCUT2D eigenvalue weighted by Crippen LogP contribution is -2.45. The van der Waals surface area contributed by atoms with Crippen molar-refractivity contribution in [3.63, 3.8) is 0 Å². The van der Waals surface area contributed by atoms with Crippen LogP contribution in [-0.2, 0) is 14.8 Å². The molecule has 0 bridgehead atoms. The Labute approximate surface area is 176 Å². The number of nitrogens with one attached hydrogen (secondary N) is 1. The van der Waals surface area contributed by atoms with Gasteiger partial charge < -0.3 is 10.1 Å². The topological polar surface area (TPSA) is 75.7 Å². The van der Waals surface area contributed by atoms with Gasteiger partial charge in [0, 0.05) is 29.7 Å². The number of sulfonamides is 1. The summed E-state index contributed by atoms with van der Waals surface area (Å²) >= 11 is 6.11. The molecule has 1 aliphatic rings. The number of rotatable bonds is 6. The average Bonchev–Trinajstić information content (AvgIpc) is 2.71. The molecule has 1 heterocycles. The molecule has 29 heavy (non-hydrogen) atoms. The van der Waals surface area contributed by atoms with E-state index < -0.39 is 10.0 Å². The lowest BCUT2D eigenvalue weighted by molar-refractivity contribution is -0.117. The number of hydrogen-bond acceptors (Lipinski definition) is 4. The third kappa shape index (κ3) is 5.10. The number of anilines is 1. The normalized spacial score (nSPS) is 17.7. The number of piperidine rings is 1. The number of carbonyl (C=O) groups excluding carboxylic acids is 1. The first kappa shape index (κ1) is 21.6. The molecule has 6 nitrogen and oxygen atoms in total. The maximum atomic E-state index is 13.2. The summed E-state index contributed by atoms with van der Waals surface area (Å²) in [6.07, 6.45) is 2.42. The van der Waals surface area contributed by atoms with E-state index in [1.54, 1.807) is 24.3 Å². The van der Waals surface area contributed by atoms with Crippen molar-refractivity contribution >= 4 is 33.2 Å². The van der Waals surface area contributed by atoms with Gasteiger partial charge in [0.05, 0.1) is 12.0 Å². The zero-order valence-corrected chi connectivity index (χ0v) is 18.1. The number of amides is 1. The van der Waals surface area contributed by atoms with Crippen LogP contribution in [0.5, 0.6) is 5.75 Å². The Hall–Kier alpha value is -2.09. The molecule has 1 amide bonds. The van der Waals surface area contributed by atoms with Gasteiger partial charge in [0.2, 0.25) is 15.9 Å². The van der Waals surface area contributed by atoms with Crippen LogP contribution < -0.4 is 10.1 Å². The van der Waals surface area contributed by atoms with Gasteiger partial charge in [0.25, 0.3) is 0 Å². The molecule has 2 aromatic carbocycles. The molecule has 0 saturated carbocycles. The molecule has 1 fully saturated rings. The van der Waals surface area contributed by atoms with Gasteiger partial charge >= 0.3 is 0 Å². The SMILES string of the molecule is COc1ccc(S(=O)(=O)N2CCCC[C@@H]2CC(=O)Nc2ccc(C)c(Cl)c2)cc1. The second-order valence-corrected chi connectivity index (χ2v) is 9.45. The summed E-state index contributed by atoms with van der Waals surface area (Å²) in [7, 11) is -2.16. The van der Waals surface area contributed by atoms with E-state index in [1.807, 2.05) is 13.0 Å². The number of hydrogen-bond donors (Lipinski definition) is 1. The summed E-state index contributed by atoms with van der Waals surface area (Å²) in [4.78, 5) is 12.8. The minimum Gasteiger partial charge on any atom is -0.497 e. The van der Waals surface area contributed by atoms with Gasteiger partial charge in [-0.25, -0.2) is 8.42 Å². The summed E-state index contributed by atoms with van der Waals surface area (Å²) in [5.74, 6) is 0.363. The Morgan fingerprint density at radius 2 is 1.93 bits per heavy atom. The Bertz CT molecular complexity index is 977. The van der Waals surface area contributed by atoms with E-state index in [-0.39, 0.29) is 23.3 Å². The predicted octanol–water partition coefficient (Wildman–Crippen LogP) is 4.23. The van der Waals surface area contributed by atoms with E-state index in [1.165, 1.54) is 23.5 Å². The maximum Gasteiger partial charge on any atom is 0.243 e. The lowest BCUT2D eigenvalue weighted by Gasteiger charge is -2.34. The highest BCUT2D eigenvalue weighted by atomic mass is 35.5. The van der Waals surface area contributed by atoms with Crippen LogP contribution in [0.25, 0.3) is 0 Å². The molecule has 1 N–H and O–H groups in total. The second kappa shape index (κ2) is 9.15. The van der Waals surface area contributed by atoms with Crippen LogP contribution in [0.1, 0.15) is 31.2 Å². The third-order valence-corrected chi connectivity index (χ3v) is 7.49. The molecule has 0 unspecified atom stereocenters. The lowest BCUT2D eigenvalue weighted by atomic mass is 10.0. The molecule has 1 atom stereocenters. The van der Waals surface area contributed by atoms with E-state index in [0.29, 0.717) is 29.4 Å². The first-order valence-electron chi connectivity index (χ1n) is 9.53. The van der Waals surface area contributed by atoms with Crippen molar-refractivity contribution < 1.29 is 17.9 Å². The van der Waals surface area contributed by atoms with E-state index >= 15 is 0 Å². The second-order valence-electron chi connectivity index (χ2n) is 7.16. The van der Waals surface area contributed by atoms with Crippen molar-refractivity contribution in [2.24, 2.45) is 0 Å². The van der Waals surface area contributed by atoms with E-state index in [2.05, 4.69) is 5.32 Å². The van der Waals surface area contributed by atoms with Crippen molar-refractivity contribution in [3.05, 3.63) is 53.1 Å². The minimum absolute atomic E-state index is 0.0981. The van der Waals surface area contributed by atoms with Gasteiger partial charge in [-0.1, -0.05) is 24.1 Å². The molecule has 0 aromatic heterocycles. The van der Waals surface area contributed by atoms with Crippen molar-refractivity contribution in [1.29, 1.82) is 0 Å². The van der Waals surface area contributed by atoms with E-state index in [9.17, 15) is 13.2 Å². The van der Waals surface area contributed by atoms with Gasteiger partial charge in [0.1, 0.15) is 5.75 Å². The molecule has 2 aromatic rings. The number of ether oxygens (including phenoxy) is 1. The Balaban J connectivity index is 1.74. The van der Waals surface area contributed by atoms with Crippen LogP contribution >= 0.6 is 11.6 Å². The van der Waals surface area contributed by atoms with Crippen LogP contribution in [0, 0.1) is 6.92 Å². The van der Waals surface area contributed by atoms with Gasteiger partial charge in [-0.2, -0.15) is 4.31 Å².